The van der Waals surface area contributed by atoms with Gasteiger partial charge in [0.25, 0.3) is 5.91 Å². The maximum atomic E-state index is 13.5. The average molecular weight is 380 g/mol. The largest absolute Gasteiger partial charge is 0.383 e. The van der Waals surface area contributed by atoms with Crippen molar-refractivity contribution in [3.05, 3.63) is 66.1 Å². The quantitative estimate of drug-likeness (QED) is 0.693. The SMILES string of the molecule is Nc1c(C(=O)C2CCCN2C(=O)c2cnccn2)cnn1-c1cccc(F)c1. The molecule has 0 saturated carbocycles. The van der Waals surface area contributed by atoms with Gasteiger partial charge in [-0.3, -0.25) is 14.6 Å². The van der Waals surface area contributed by atoms with Crippen LogP contribution in [0.25, 0.3) is 5.69 Å². The monoisotopic (exact) mass is 380 g/mol. The molecule has 0 spiro atoms. The van der Waals surface area contributed by atoms with Crippen molar-refractivity contribution in [2.24, 2.45) is 0 Å². The highest BCUT2D eigenvalue weighted by atomic mass is 19.1. The molecule has 1 fully saturated rings. The van der Waals surface area contributed by atoms with Crippen LogP contribution in [0, 0.1) is 5.82 Å². The Morgan fingerprint density at radius 1 is 1.21 bits per heavy atom. The van der Waals surface area contributed by atoms with Crippen LogP contribution in [0.2, 0.25) is 0 Å². The molecule has 1 unspecified atom stereocenters. The van der Waals surface area contributed by atoms with Crippen molar-refractivity contribution in [1.29, 1.82) is 0 Å². The van der Waals surface area contributed by atoms with Gasteiger partial charge < -0.3 is 10.6 Å². The van der Waals surface area contributed by atoms with Gasteiger partial charge in [-0.25, -0.2) is 14.1 Å². The van der Waals surface area contributed by atoms with Gasteiger partial charge >= 0.3 is 0 Å². The highest BCUT2D eigenvalue weighted by molar-refractivity contribution is 6.06. The van der Waals surface area contributed by atoms with Crippen LogP contribution in [-0.4, -0.2) is 48.9 Å². The van der Waals surface area contributed by atoms with Crippen molar-refractivity contribution in [3.63, 3.8) is 0 Å². The number of rotatable bonds is 4. The van der Waals surface area contributed by atoms with E-state index < -0.39 is 11.9 Å². The van der Waals surface area contributed by atoms with E-state index in [1.165, 1.54) is 52.6 Å². The third kappa shape index (κ3) is 3.11. The third-order valence-electron chi connectivity index (χ3n) is 4.72. The van der Waals surface area contributed by atoms with Gasteiger partial charge in [0.05, 0.1) is 29.7 Å². The molecule has 1 aliphatic rings. The summed E-state index contributed by atoms with van der Waals surface area (Å²) in [5.41, 5.74) is 6.92. The summed E-state index contributed by atoms with van der Waals surface area (Å²) in [6.45, 7) is 0.448. The van der Waals surface area contributed by atoms with E-state index in [0.29, 0.717) is 25.1 Å². The molecule has 28 heavy (non-hydrogen) atoms. The molecule has 1 saturated heterocycles. The van der Waals surface area contributed by atoms with Crippen molar-refractivity contribution in [3.8, 4) is 5.69 Å². The number of nitrogens with two attached hydrogens (primary N) is 1. The molecule has 0 radical (unpaired) electrons. The molecule has 3 heterocycles. The number of hydrogen-bond acceptors (Lipinski definition) is 6. The van der Waals surface area contributed by atoms with E-state index in [2.05, 4.69) is 15.1 Å². The topological polar surface area (TPSA) is 107 Å². The van der Waals surface area contributed by atoms with Crippen LogP contribution < -0.4 is 5.73 Å². The lowest BCUT2D eigenvalue weighted by molar-refractivity contribution is 0.0667. The lowest BCUT2D eigenvalue weighted by Crippen LogP contribution is -2.41. The molecule has 0 aliphatic carbocycles. The standard InChI is InChI=1S/C19H17FN6O2/c20-12-3-1-4-13(9-12)26-18(21)14(10-24-26)17(27)16-5-2-8-25(16)19(28)15-11-22-6-7-23-15/h1,3-4,6-7,9-11,16H,2,5,8,21H2. The number of carbonyl (C=O) groups is 2. The first kappa shape index (κ1) is 17.8. The minimum atomic E-state index is -0.651. The second kappa shape index (κ2) is 7.18. The average Bonchev–Trinajstić information content (AvgIpc) is 3.34. The Morgan fingerprint density at radius 3 is 2.82 bits per heavy atom. The second-order valence-electron chi connectivity index (χ2n) is 6.45. The van der Waals surface area contributed by atoms with Crippen molar-refractivity contribution < 1.29 is 14.0 Å². The predicted octanol–water partition coefficient (Wildman–Crippen LogP) is 1.87. The van der Waals surface area contributed by atoms with Crippen LogP contribution >= 0.6 is 0 Å². The summed E-state index contributed by atoms with van der Waals surface area (Å²) >= 11 is 0. The Morgan fingerprint density at radius 2 is 2.07 bits per heavy atom. The van der Waals surface area contributed by atoms with Gasteiger partial charge in [-0.15, -0.1) is 0 Å². The molecule has 3 aromatic rings. The first-order chi connectivity index (χ1) is 13.6. The van der Waals surface area contributed by atoms with Gasteiger partial charge in [-0.2, -0.15) is 5.10 Å². The number of Topliss-reactive ketones (excluding diaryl/α,β-unsaturated/α-hetero) is 1. The molecule has 2 N–H and O–H groups in total. The summed E-state index contributed by atoms with van der Waals surface area (Å²) in [5.74, 6) is -0.971. The molecule has 1 amide bonds. The van der Waals surface area contributed by atoms with Gasteiger partial charge in [-0.05, 0) is 31.0 Å². The highest BCUT2D eigenvalue weighted by Crippen LogP contribution is 2.26. The number of anilines is 1. The molecule has 1 aliphatic heterocycles. The number of aromatic nitrogens is 4. The van der Waals surface area contributed by atoms with Crippen molar-refractivity contribution in [2.75, 3.05) is 12.3 Å². The van der Waals surface area contributed by atoms with Crippen LogP contribution in [0.5, 0.6) is 0 Å². The fourth-order valence-electron chi connectivity index (χ4n) is 3.38. The van der Waals surface area contributed by atoms with Crippen LogP contribution in [0.15, 0.2) is 49.1 Å². The highest BCUT2D eigenvalue weighted by Gasteiger charge is 2.37. The summed E-state index contributed by atoms with van der Waals surface area (Å²) in [5, 5.41) is 4.13. The number of nitrogens with zero attached hydrogens (tertiary/aromatic N) is 5. The lowest BCUT2D eigenvalue weighted by atomic mass is 10.0. The van der Waals surface area contributed by atoms with E-state index in [4.69, 9.17) is 5.73 Å². The second-order valence-corrected chi connectivity index (χ2v) is 6.45. The van der Waals surface area contributed by atoms with Crippen LogP contribution in [0.1, 0.15) is 33.7 Å². The zero-order chi connectivity index (χ0) is 19.7. The number of carbonyl (C=O) groups excluding carboxylic acids is 2. The molecule has 1 aromatic carbocycles. The summed E-state index contributed by atoms with van der Waals surface area (Å²) in [6, 6.07) is 5.11. The fraction of sp³-hybridized carbons (Fsp3) is 0.211. The number of likely N-dealkylation sites (tertiary alicyclic amines) is 1. The molecule has 8 nitrogen and oxygen atoms in total. The maximum absolute atomic E-state index is 13.5. The lowest BCUT2D eigenvalue weighted by Gasteiger charge is -2.23. The summed E-state index contributed by atoms with van der Waals surface area (Å²) < 4.78 is 14.8. The molecule has 0 bridgehead atoms. The van der Waals surface area contributed by atoms with Gasteiger partial charge in [0, 0.05) is 18.9 Å². The predicted molar refractivity (Wildman–Crippen MR) is 98.4 cm³/mol. The Balaban J connectivity index is 1.62. The Bertz CT molecular complexity index is 1040. The number of amides is 1. The fourth-order valence-corrected chi connectivity index (χ4v) is 3.38. The van der Waals surface area contributed by atoms with Crippen molar-refractivity contribution in [2.45, 2.75) is 18.9 Å². The Hall–Kier alpha value is -3.62. The van der Waals surface area contributed by atoms with Crippen LogP contribution in [0.4, 0.5) is 10.2 Å². The van der Waals surface area contributed by atoms with E-state index in [1.807, 2.05) is 0 Å². The zero-order valence-electron chi connectivity index (χ0n) is 14.8. The Kier molecular flexibility index (Phi) is 4.56. The molecule has 1 atom stereocenters. The molecule has 4 rings (SSSR count). The number of benzene rings is 1. The number of nitrogen functional groups attached to an aromatic ring is 1. The van der Waals surface area contributed by atoms with Crippen LogP contribution in [0.3, 0.4) is 0 Å². The molecular weight excluding hydrogens is 363 g/mol. The third-order valence-corrected chi connectivity index (χ3v) is 4.72. The number of hydrogen-bond donors (Lipinski definition) is 1. The number of ketones is 1. The maximum Gasteiger partial charge on any atom is 0.274 e. The first-order valence-electron chi connectivity index (χ1n) is 8.77. The molecule has 2 aromatic heterocycles. The van der Waals surface area contributed by atoms with E-state index in [-0.39, 0.29) is 28.8 Å². The van der Waals surface area contributed by atoms with Crippen molar-refractivity contribution >= 4 is 17.5 Å². The van der Waals surface area contributed by atoms with E-state index in [1.54, 1.807) is 6.07 Å². The smallest absolute Gasteiger partial charge is 0.274 e. The van der Waals surface area contributed by atoms with Gasteiger partial charge in [0.1, 0.15) is 17.3 Å². The van der Waals surface area contributed by atoms with Gasteiger partial charge in [-0.1, -0.05) is 6.07 Å². The van der Waals surface area contributed by atoms with E-state index in [0.717, 1.165) is 0 Å². The summed E-state index contributed by atoms with van der Waals surface area (Å²) in [6.07, 6.45) is 6.85. The van der Waals surface area contributed by atoms with Crippen molar-refractivity contribution in [1.82, 2.24) is 24.6 Å². The first-order valence-corrected chi connectivity index (χ1v) is 8.77. The zero-order valence-corrected chi connectivity index (χ0v) is 14.8. The Labute approximate surface area is 159 Å². The number of halogens is 1. The van der Waals surface area contributed by atoms with Gasteiger partial charge in [0.15, 0.2) is 5.78 Å². The molecule has 9 heteroatoms. The minimum Gasteiger partial charge on any atom is -0.383 e. The normalized spacial score (nSPS) is 16.3. The molecular formula is C19H17FN6O2. The van der Waals surface area contributed by atoms with Crippen LogP contribution in [-0.2, 0) is 0 Å². The van der Waals surface area contributed by atoms with Gasteiger partial charge in [0.2, 0.25) is 0 Å². The summed E-state index contributed by atoms with van der Waals surface area (Å²) in [4.78, 5) is 35.2. The van der Waals surface area contributed by atoms with E-state index in [9.17, 15) is 14.0 Å². The summed E-state index contributed by atoms with van der Waals surface area (Å²) in [7, 11) is 0. The van der Waals surface area contributed by atoms with E-state index >= 15 is 0 Å². The molecule has 142 valence electrons. The minimum absolute atomic E-state index is 0.106.